The molecule has 0 saturated heterocycles. The molecule has 0 bridgehead atoms. The topological polar surface area (TPSA) is 82.1 Å². The molecule has 0 saturated carbocycles. The van der Waals surface area contributed by atoms with E-state index < -0.39 is 0 Å². The number of amides is 1. The van der Waals surface area contributed by atoms with Crippen LogP contribution in [-0.4, -0.2) is 20.3 Å². The standard InChI is InChI=1S/C19H16N4O3/c1-22-11-15(18(24)20-10-14-8-5-9-26-14)17-16(12-22)19(25)23(21-17)13-6-3-2-4-7-13/h2-9,11-12H,10H2,1H3,(H,20,24). The van der Waals surface area contributed by atoms with Gasteiger partial charge in [0.25, 0.3) is 11.5 Å². The van der Waals surface area contributed by atoms with E-state index in [0.29, 0.717) is 28.3 Å². The summed E-state index contributed by atoms with van der Waals surface area (Å²) in [6.07, 6.45) is 4.88. The van der Waals surface area contributed by atoms with Crippen LogP contribution in [0.5, 0.6) is 0 Å². The third-order valence-corrected chi connectivity index (χ3v) is 4.05. The van der Waals surface area contributed by atoms with Crippen molar-refractivity contribution in [3.05, 3.63) is 82.8 Å². The van der Waals surface area contributed by atoms with Crippen molar-refractivity contribution >= 4 is 5.91 Å². The van der Waals surface area contributed by atoms with Crippen LogP contribution in [0.3, 0.4) is 0 Å². The van der Waals surface area contributed by atoms with Crippen LogP contribution in [-0.2, 0) is 13.6 Å². The van der Waals surface area contributed by atoms with Gasteiger partial charge in [0.1, 0.15) is 11.5 Å². The molecule has 1 N–H and O–H groups in total. The van der Waals surface area contributed by atoms with Gasteiger partial charge in [-0.3, -0.25) is 9.59 Å². The molecule has 0 spiro atoms. The Morgan fingerprint density at radius 2 is 1.96 bits per heavy atom. The van der Waals surface area contributed by atoms with Crippen molar-refractivity contribution in [2.45, 2.75) is 6.54 Å². The highest BCUT2D eigenvalue weighted by Gasteiger charge is 2.23. The zero-order valence-electron chi connectivity index (χ0n) is 14.0. The van der Waals surface area contributed by atoms with Gasteiger partial charge in [-0.05, 0) is 24.3 Å². The van der Waals surface area contributed by atoms with E-state index in [4.69, 9.17) is 4.42 Å². The number of carbonyl (C=O) groups excluding carboxylic acids is 1. The van der Waals surface area contributed by atoms with E-state index >= 15 is 0 Å². The van der Waals surface area contributed by atoms with Crippen molar-refractivity contribution in [2.75, 3.05) is 0 Å². The van der Waals surface area contributed by atoms with E-state index in [0.717, 1.165) is 0 Å². The third kappa shape index (κ3) is 2.79. The van der Waals surface area contributed by atoms with Crippen LogP contribution < -0.4 is 10.9 Å². The Kier molecular flexibility index (Phi) is 3.89. The number of nitrogens with one attached hydrogen (secondary N) is 1. The summed E-state index contributed by atoms with van der Waals surface area (Å²) in [4.78, 5) is 25.4. The van der Waals surface area contributed by atoms with Gasteiger partial charge in [0.2, 0.25) is 0 Å². The summed E-state index contributed by atoms with van der Waals surface area (Å²) in [6, 6.07) is 12.7. The van der Waals surface area contributed by atoms with Gasteiger partial charge in [0, 0.05) is 19.4 Å². The minimum Gasteiger partial charge on any atom is -0.467 e. The molecule has 0 aliphatic carbocycles. The molecule has 0 atom stereocenters. The highest BCUT2D eigenvalue weighted by Crippen LogP contribution is 2.21. The predicted octanol–water partition coefficient (Wildman–Crippen LogP) is 2.20. The molecule has 0 fully saturated rings. The number of carbonyl (C=O) groups is 1. The van der Waals surface area contributed by atoms with E-state index in [-0.39, 0.29) is 18.0 Å². The number of furan rings is 1. The quantitative estimate of drug-likeness (QED) is 0.613. The SMILES string of the molecule is Cn1cc(C(=O)NCc2ccco2)c2nn(-c3ccccc3)c(=O)c-2c1. The molecule has 7 nitrogen and oxygen atoms in total. The summed E-state index contributed by atoms with van der Waals surface area (Å²) in [5.74, 6) is 0.328. The Morgan fingerprint density at radius 1 is 1.15 bits per heavy atom. The number of hydrogen-bond acceptors (Lipinski definition) is 4. The largest absolute Gasteiger partial charge is 0.467 e. The zero-order chi connectivity index (χ0) is 18.1. The molecular weight excluding hydrogens is 332 g/mol. The number of aryl methyl sites for hydroxylation is 1. The average Bonchev–Trinajstić information content (AvgIpc) is 3.28. The van der Waals surface area contributed by atoms with E-state index in [1.165, 1.54) is 4.68 Å². The Bertz CT molecular complexity index is 1080. The fourth-order valence-electron chi connectivity index (χ4n) is 2.82. The first kappa shape index (κ1) is 15.9. The van der Waals surface area contributed by atoms with Gasteiger partial charge < -0.3 is 14.3 Å². The van der Waals surface area contributed by atoms with Crippen LogP contribution in [0.4, 0.5) is 0 Å². The van der Waals surface area contributed by atoms with Crippen LogP contribution in [0.25, 0.3) is 16.9 Å². The minimum absolute atomic E-state index is 0.259. The summed E-state index contributed by atoms with van der Waals surface area (Å²) >= 11 is 0. The molecule has 1 aromatic carbocycles. The Labute approximate surface area is 148 Å². The lowest BCUT2D eigenvalue weighted by Gasteiger charge is -2.09. The summed E-state index contributed by atoms with van der Waals surface area (Å²) in [6.45, 7) is 0.259. The molecule has 2 aliphatic heterocycles. The van der Waals surface area contributed by atoms with Gasteiger partial charge in [0.05, 0.1) is 29.6 Å². The molecule has 3 heterocycles. The second-order valence-electron chi connectivity index (χ2n) is 5.91. The molecule has 1 amide bonds. The van der Waals surface area contributed by atoms with Gasteiger partial charge in [-0.15, -0.1) is 0 Å². The van der Waals surface area contributed by atoms with Gasteiger partial charge in [-0.2, -0.15) is 9.78 Å². The molecular formula is C19H16N4O3. The Balaban J connectivity index is 1.75. The van der Waals surface area contributed by atoms with Crippen LogP contribution >= 0.6 is 0 Å². The number of rotatable bonds is 4. The maximum absolute atomic E-state index is 12.7. The van der Waals surface area contributed by atoms with Crippen molar-refractivity contribution in [2.24, 2.45) is 7.05 Å². The summed E-state index contributed by atoms with van der Waals surface area (Å²) in [7, 11) is 1.77. The van der Waals surface area contributed by atoms with Gasteiger partial charge in [-0.25, -0.2) is 0 Å². The predicted molar refractivity (Wildman–Crippen MR) is 95.3 cm³/mol. The lowest BCUT2D eigenvalue weighted by molar-refractivity contribution is 0.0947. The highest BCUT2D eigenvalue weighted by molar-refractivity contribution is 5.99. The first-order chi connectivity index (χ1) is 12.6. The Hall–Kier alpha value is -3.61. The molecule has 2 aromatic rings. The summed E-state index contributed by atoms with van der Waals surface area (Å²) in [5.41, 5.74) is 1.49. The monoisotopic (exact) mass is 348 g/mol. The lowest BCUT2D eigenvalue weighted by atomic mass is 10.1. The van der Waals surface area contributed by atoms with E-state index in [1.807, 2.05) is 18.2 Å². The molecule has 2 aliphatic rings. The van der Waals surface area contributed by atoms with E-state index in [9.17, 15) is 9.59 Å². The van der Waals surface area contributed by atoms with E-state index in [1.54, 1.807) is 54.5 Å². The van der Waals surface area contributed by atoms with Crippen LogP contribution in [0.1, 0.15) is 16.1 Å². The smallest absolute Gasteiger partial charge is 0.282 e. The number of aromatic nitrogens is 3. The molecule has 4 rings (SSSR count). The molecule has 26 heavy (non-hydrogen) atoms. The lowest BCUT2D eigenvalue weighted by Crippen LogP contribution is -2.24. The first-order valence-electron chi connectivity index (χ1n) is 8.08. The summed E-state index contributed by atoms with van der Waals surface area (Å²) < 4.78 is 8.22. The molecule has 0 radical (unpaired) electrons. The number of para-hydroxylation sites is 1. The number of benzene rings is 1. The maximum atomic E-state index is 12.7. The molecule has 130 valence electrons. The van der Waals surface area contributed by atoms with E-state index in [2.05, 4.69) is 10.4 Å². The first-order valence-corrected chi connectivity index (χ1v) is 8.08. The number of nitrogens with zero attached hydrogens (tertiary/aromatic N) is 3. The van der Waals surface area contributed by atoms with Crippen LogP contribution in [0.2, 0.25) is 0 Å². The minimum atomic E-state index is -0.319. The van der Waals surface area contributed by atoms with Gasteiger partial charge >= 0.3 is 0 Å². The number of hydrogen-bond donors (Lipinski definition) is 1. The Morgan fingerprint density at radius 3 is 2.69 bits per heavy atom. The second-order valence-corrected chi connectivity index (χ2v) is 5.91. The maximum Gasteiger partial charge on any atom is 0.282 e. The van der Waals surface area contributed by atoms with Gasteiger partial charge in [0.15, 0.2) is 0 Å². The fourth-order valence-corrected chi connectivity index (χ4v) is 2.82. The average molecular weight is 348 g/mol. The molecule has 1 aromatic heterocycles. The van der Waals surface area contributed by atoms with Crippen LogP contribution in [0.15, 0.2) is 70.3 Å². The normalized spacial score (nSPS) is 11.0. The fraction of sp³-hybridized carbons (Fsp3) is 0.105. The van der Waals surface area contributed by atoms with Crippen molar-refractivity contribution in [3.8, 4) is 16.9 Å². The summed E-state index contributed by atoms with van der Waals surface area (Å²) in [5, 5.41) is 7.19. The highest BCUT2D eigenvalue weighted by atomic mass is 16.3. The van der Waals surface area contributed by atoms with Crippen LogP contribution in [0, 0.1) is 0 Å². The third-order valence-electron chi connectivity index (χ3n) is 4.05. The zero-order valence-corrected chi connectivity index (χ0v) is 14.0. The van der Waals surface area contributed by atoms with Crippen molar-refractivity contribution in [1.29, 1.82) is 0 Å². The number of pyridine rings is 1. The van der Waals surface area contributed by atoms with Crippen molar-refractivity contribution in [3.63, 3.8) is 0 Å². The van der Waals surface area contributed by atoms with Gasteiger partial charge in [-0.1, -0.05) is 18.2 Å². The molecule has 7 heteroatoms. The second kappa shape index (κ2) is 6.36. The number of fused-ring (bicyclic) bond motifs is 1. The van der Waals surface area contributed by atoms with Crippen molar-refractivity contribution in [1.82, 2.24) is 19.7 Å². The molecule has 0 unspecified atom stereocenters. The van der Waals surface area contributed by atoms with Crippen molar-refractivity contribution < 1.29 is 9.21 Å².